The van der Waals surface area contributed by atoms with Gasteiger partial charge in [-0.3, -0.25) is 4.79 Å². The molecule has 1 aromatic heterocycles. The summed E-state index contributed by atoms with van der Waals surface area (Å²) >= 11 is 1.77. The number of carbonyl (C=O) groups is 1. The van der Waals surface area contributed by atoms with Crippen molar-refractivity contribution in [2.45, 2.75) is 0 Å². The summed E-state index contributed by atoms with van der Waals surface area (Å²) in [5, 5.41) is 6.58. The van der Waals surface area contributed by atoms with E-state index in [2.05, 4.69) is 27.7 Å². The van der Waals surface area contributed by atoms with Gasteiger partial charge < -0.3 is 15.1 Å². The Morgan fingerprint density at radius 2 is 2.06 bits per heavy atom. The number of anilines is 1. The summed E-state index contributed by atoms with van der Waals surface area (Å²) in [6.07, 6.45) is 0. The molecule has 2 aliphatic rings. The van der Waals surface area contributed by atoms with Crippen LogP contribution >= 0.6 is 11.3 Å². The maximum absolute atomic E-state index is 12.0. The molecule has 4 nitrogen and oxygen atoms in total. The third-order valence-electron chi connectivity index (χ3n) is 3.54. The van der Waals surface area contributed by atoms with Gasteiger partial charge in [-0.1, -0.05) is 0 Å². The van der Waals surface area contributed by atoms with Crippen LogP contribution in [0.1, 0.15) is 0 Å². The lowest BCUT2D eigenvalue weighted by molar-refractivity contribution is -0.137. The van der Waals surface area contributed by atoms with E-state index in [0.29, 0.717) is 5.91 Å². The van der Waals surface area contributed by atoms with Gasteiger partial charge in [-0.2, -0.15) is 0 Å². The molecule has 1 amide bonds. The second kappa shape index (κ2) is 4.66. The summed E-state index contributed by atoms with van der Waals surface area (Å²) in [6, 6.07) is 4.23. The molecular formula is C12H17N3OS. The molecule has 3 heterocycles. The van der Waals surface area contributed by atoms with Gasteiger partial charge in [-0.05, 0) is 17.5 Å². The minimum absolute atomic E-state index is 0.239. The second-order valence-electron chi connectivity index (χ2n) is 4.62. The summed E-state index contributed by atoms with van der Waals surface area (Å²) in [7, 11) is 0. The molecule has 0 radical (unpaired) electrons. The van der Waals surface area contributed by atoms with Crippen molar-refractivity contribution >= 4 is 22.2 Å². The first-order valence-corrected chi connectivity index (χ1v) is 7.00. The lowest BCUT2D eigenvalue weighted by atomic mass is 10.0. The van der Waals surface area contributed by atoms with E-state index in [1.54, 1.807) is 11.3 Å². The number of hydrogen-bond acceptors (Lipinski definition) is 4. The number of carbonyl (C=O) groups excluding carboxylic acids is 1. The van der Waals surface area contributed by atoms with Crippen LogP contribution in [0.5, 0.6) is 0 Å². The van der Waals surface area contributed by atoms with Crippen LogP contribution in [-0.2, 0) is 4.79 Å². The predicted molar refractivity (Wildman–Crippen MR) is 69.5 cm³/mol. The quantitative estimate of drug-likeness (QED) is 0.837. The van der Waals surface area contributed by atoms with Gasteiger partial charge in [0.25, 0.3) is 0 Å². The molecule has 0 spiro atoms. The van der Waals surface area contributed by atoms with Gasteiger partial charge in [0, 0.05) is 39.3 Å². The number of piperazine rings is 1. The van der Waals surface area contributed by atoms with Gasteiger partial charge in [0.1, 0.15) is 0 Å². The van der Waals surface area contributed by atoms with E-state index in [4.69, 9.17) is 0 Å². The maximum atomic E-state index is 12.0. The smallest absolute Gasteiger partial charge is 0.228 e. The minimum Gasteiger partial charge on any atom is -0.360 e. The number of nitrogens with zero attached hydrogens (tertiary/aromatic N) is 2. The van der Waals surface area contributed by atoms with E-state index in [-0.39, 0.29) is 5.92 Å². The molecule has 1 aromatic rings. The normalized spacial score (nSPS) is 21.4. The Morgan fingerprint density at radius 1 is 1.29 bits per heavy atom. The third-order valence-corrected chi connectivity index (χ3v) is 4.47. The van der Waals surface area contributed by atoms with Gasteiger partial charge in [0.2, 0.25) is 5.91 Å². The largest absolute Gasteiger partial charge is 0.360 e. The summed E-state index contributed by atoms with van der Waals surface area (Å²) in [5.74, 6) is 0.581. The molecular weight excluding hydrogens is 234 g/mol. The van der Waals surface area contributed by atoms with E-state index < -0.39 is 0 Å². The fourth-order valence-electron chi connectivity index (χ4n) is 2.32. The van der Waals surface area contributed by atoms with E-state index in [1.165, 1.54) is 5.00 Å². The third kappa shape index (κ3) is 2.17. The lowest BCUT2D eigenvalue weighted by Gasteiger charge is -2.38. The van der Waals surface area contributed by atoms with Gasteiger partial charge in [0.15, 0.2) is 0 Å². The van der Waals surface area contributed by atoms with Gasteiger partial charge >= 0.3 is 0 Å². The molecule has 0 bridgehead atoms. The second-order valence-corrected chi connectivity index (χ2v) is 5.54. The molecule has 0 aromatic carbocycles. The molecule has 17 heavy (non-hydrogen) atoms. The van der Waals surface area contributed by atoms with Gasteiger partial charge in [-0.25, -0.2) is 0 Å². The topological polar surface area (TPSA) is 35.6 Å². The Bertz CT molecular complexity index is 380. The standard InChI is InChI=1S/C12H17N3OS/c16-12(10-8-13-9-10)15-5-3-14(4-6-15)11-2-1-7-17-11/h1-2,7,10,13H,3-6,8-9H2. The number of amides is 1. The van der Waals surface area contributed by atoms with Crippen molar-refractivity contribution < 1.29 is 4.79 Å². The lowest BCUT2D eigenvalue weighted by Crippen LogP contribution is -2.56. The zero-order valence-corrected chi connectivity index (χ0v) is 10.6. The number of thiophene rings is 1. The van der Waals surface area contributed by atoms with E-state index in [1.807, 2.05) is 4.90 Å². The van der Waals surface area contributed by atoms with Crippen LogP contribution in [0.15, 0.2) is 17.5 Å². The summed E-state index contributed by atoms with van der Waals surface area (Å²) in [4.78, 5) is 16.4. The Labute approximate surface area is 105 Å². The molecule has 2 saturated heterocycles. The molecule has 0 atom stereocenters. The van der Waals surface area contributed by atoms with E-state index >= 15 is 0 Å². The first-order chi connectivity index (χ1) is 8.34. The Kier molecular flexibility index (Phi) is 3.03. The monoisotopic (exact) mass is 251 g/mol. The SMILES string of the molecule is O=C(C1CNC1)N1CCN(c2cccs2)CC1. The minimum atomic E-state index is 0.239. The van der Waals surface area contributed by atoms with Gasteiger partial charge in [-0.15, -0.1) is 11.3 Å². The number of rotatable bonds is 2. The summed E-state index contributed by atoms with van der Waals surface area (Å²) in [6.45, 7) is 5.40. The van der Waals surface area contributed by atoms with E-state index in [0.717, 1.165) is 39.3 Å². The highest BCUT2D eigenvalue weighted by atomic mass is 32.1. The molecule has 1 N–H and O–H groups in total. The van der Waals surface area contributed by atoms with Crippen molar-refractivity contribution in [3.8, 4) is 0 Å². The first-order valence-electron chi connectivity index (χ1n) is 6.12. The van der Waals surface area contributed by atoms with Crippen molar-refractivity contribution in [3.63, 3.8) is 0 Å². The highest BCUT2D eigenvalue weighted by molar-refractivity contribution is 7.14. The van der Waals surface area contributed by atoms with Crippen LogP contribution in [0.4, 0.5) is 5.00 Å². The molecule has 2 fully saturated rings. The van der Waals surface area contributed by atoms with Crippen LogP contribution in [0.25, 0.3) is 0 Å². The zero-order valence-electron chi connectivity index (χ0n) is 9.76. The highest BCUT2D eigenvalue weighted by Crippen LogP contribution is 2.22. The molecule has 92 valence electrons. The van der Waals surface area contributed by atoms with Crippen molar-refractivity contribution in [2.75, 3.05) is 44.2 Å². The zero-order chi connectivity index (χ0) is 11.7. The van der Waals surface area contributed by atoms with Crippen LogP contribution in [0.2, 0.25) is 0 Å². The molecule has 0 unspecified atom stereocenters. The van der Waals surface area contributed by atoms with Crippen LogP contribution < -0.4 is 10.2 Å². The van der Waals surface area contributed by atoms with Crippen LogP contribution in [0, 0.1) is 5.92 Å². The summed E-state index contributed by atoms with van der Waals surface area (Å²) in [5.41, 5.74) is 0. The fraction of sp³-hybridized carbons (Fsp3) is 0.583. The molecule has 2 aliphatic heterocycles. The molecule has 0 saturated carbocycles. The average molecular weight is 251 g/mol. The number of hydrogen-bond donors (Lipinski definition) is 1. The summed E-state index contributed by atoms with van der Waals surface area (Å²) < 4.78 is 0. The maximum Gasteiger partial charge on any atom is 0.228 e. The van der Waals surface area contributed by atoms with Crippen molar-refractivity contribution in [3.05, 3.63) is 17.5 Å². The number of nitrogens with one attached hydrogen (secondary N) is 1. The van der Waals surface area contributed by atoms with Gasteiger partial charge in [0.05, 0.1) is 10.9 Å². The molecule has 5 heteroatoms. The van der Waals surface area contributed by atoms with Crippen molar-refractivity contribution in [2.24, 2.45) is 5.92 Å². The highest BCUT2D eigenvalue weighted by Gasteiger charge is 2.31. The average Bonchev–Trinajstić information content (AvgIpc) is 2.80. The molecule has 0 aliphatic carbocycles. The first kappa shape index (κ1) is 11.0. The Balaban J connectivity index is 1.55. The van der Waals surface area contributed by atoms with Crippen LogP contribution in [-0.4, -0.2) is 50.1 Å². The van der Waals surface area contributed by atoms with Crippen molar-refractivity contribution in [1.82, 2.24) is 10.2 Å². The van der Waals surface area contributed by atoms with Crippen molar-refractivity contribution in [1.29, 1.82) is 0 Å². The Morgan fingerprint density at radius 3 is 2.59 bits per heavy atom. The molecule has 3 rings (SSSR count). The van der Waals surface area contributed by atoms with E-state index in [9.17, 15) is 4.79 Å². The Hall–Kier alpha value is -1.07. The fourth-order valence-corrected chi connectivity index (χ4v) is 3.10. The van der Waals surface area contributed by atoms with Crippen LogP contribution in [0.3, 0.4) is 0 Å². The predicted octanol–water partition coefficient (Wildman–Crippen LogP) is 0.616.